The molecule has 2 aromatic rings. The predicted octanol–water partition coefficient (Wildman–Crippen LogP) is 5.19. The van der Waals surface area contributed by atoms with Crippen LogP contribution in [-0.2, 0) is 0 Å². The van der Waals surface area contributed by atoms with Gasteiger partial charge in [0.25, 0.3) is 0 Å². The quantitative estimate of drug-likeness (QED) is 0.703. The molecule has 2 heterocycles. The van der Waals surface area contributed by atoms with Crippen LogP contribution >= 0.6 is 27.5 Å². The second-order valence-electron chi connectivity index (χ2n) is 6.73. The van der Waals surface area contributed by atoms with Crippen LogP contribution in [0.5, 0.6) is 11.5 Å². The first-order valence-corrected chi connectivity index (χ1v) is 9.43. The van der Waals surface area contributed by atoms with E-state index in [1.54, 1.807) is 12.0 Å². The first kappa shape index (κ1) is 17.5. The van der Waals surface area contributed by atoms with Crippen molar-refractivity contribution in [2.75, 3.05) is 12.0 Å². The van der Waals surface area contributed by atoms with Gasteiger partial charge in [-0.3, -0.25) is 4.90 Å². The number of methoxy groups -OCH3 is 1. The molecule has 2 aliphatic rings. The van der Waals surface area contributed by atoms with Crippen LogP contribution in [0.2, 0.25) is 5.02 Å². The van der Waals surface area contributed by atoms with Crippen molar-refractivity contribution < 1.29 is 14.3 Å². The van der Waals surface area contributed by atoms with E-state index < -0.39 is 5.72 Å². The molecule has 0 radical (unpaired) electrons. The summed E-state index contributed by atoms with van der Waals surface area (Å²) in [4.78, 5) is 14.6. The molecule has 0 saturated carbocycles. The van der Waals surface area contributed by atoms with Gasteiger partial charge < -0.3 is 14.8 Å². The van der Waals surface area contributed by atoms with Gasteiger partial charge in [0.1, 0.15) is 0 Å². The lowest BCUT2D eigenvalue weighted by Crippen LogP contribution is -2.65. The maximum Gasteiger partial charge on any atom is 0.325 e. The third-order valence-corrected chi connectivity index (χ3v) is 5.87. The lowest BCUT2D eigenvalue weighted by Gasteiger charge is -2.51. The van der Waals surface area contributed by atoms with Crippen LogP contribution in [0.15, 0.2) is 34.8 Å². The van der Waals surface area contributed by atoms with Crippen molar-refractivity contribution in [1.29, 1.82) is 0 Å². The van der Waals surface area contributed by atoms with Gasteiger partial charge in [-0.25, -0.2) is 4.79 Å². The first-order valence-electron chi connectivity index (χ1n) is 8.26. The Morgan fingerprint density at radius 3 is 2.92 bits per heavy atom. The van der Waals surface area contributed by atoms with Gasteiger partial charge in [0.05, 0.1) is 18.8 Å². The Hall–Kier alpha value is -1.92. The molecule has 2 amide bonds. The molecule has 2 atom stereocenters. The molecule has 2 aromatic carbocycles. The van der Waals surface area contributed by atoms with Crippen molar-refractivity contribution in [2.24, 2.45) is 0 Å². The number of fused-ring (bicyclic) bond motifs is 4. The fourth-order valence-electron chi connectivity index (χ4n) is 3.76. The second kappa shape index (κ2) is 6.06. The van der Waals surface area contributed by atoms with Crippen LogP contribution in [-0.4, -0.2) is 18.9 Å². The number of amides is 2. The van der Waals surface area contributed by atoms with E-state index in [2.05, 4.69) is 21.2 Å². The minimum absolute atomic E-state index is 0.154. The highest BCUT2D eigenvalue weighted by Gasteiger charge is 2.51. The molecule has 4 rings (SSSR count). The summed E-state index contributed by atoms with van der Waals surface area (Å²) in [6.07, 6.45) is 0.608. The van der Waals surface area contributed by atoms with Crippen molar-refractivity contribution >= 4 is 39.2 Å². The summed E-state index contributed by atoms with van der Waals surface area (Å²) >= 11 is 9.77. The first-order chi connectivity index (χ1) is 12.3. The Morgan fingerprint density at radius 2 is 2.19 bits per heavy atom. The Morgan fingerprint density at radius 1 is 1.42 bits per heavy atom. The van der Waals surface area contributed by atoms with E-state index in [4.69, 9.17) is 21.1 Å². The van der Waals surface area contributed by atoms with Gasteiger partial charge in [0, 0.05) is 21.5 Å². The fourth-order valence-corrected chi connectivity index (χ4v) is 4.38. The zero-order valence-electron chi connectivity index (χ0n) is 14.6. The number of hydrogen-bond acceptors (Lipinski definition) is 3. The van der Waals surface area contributed by atoms with Gasteiger partial charge in [-0.2, -0.15) is 0 Å². The van der Waals surface area contributed by atoms with E-state index in [-0.39, 0.29) is 12.1 Å². The summed E-state index contributed by atoms with van der Waals surface area (Å²) in [6, 6.07) is 8.98. The molecule has 1 fully saturated rings. The minimum Gasteiger partial charge on any atom is -0.493 e. The number of benzene rings is 2. The third-order valence-electron chi connectivity index (χ3n) is 5.00. The molecule has 136 valence electrons. The van der Waals surface area contributed by atoms with Gasteiger partial charge in [-0.1, -0.05) is 33.6 Å². The smallest absolute Gasteiger partial charge is 0.325 e. The molecule has 2 bridgehead atoms. The number of ether oxygens (including phenoxy) is 2. The summed E-state index contributed by atoms with van der Waals surface area (Å²) in [6.45, 7) is 3.82. The van der Waals surface area contributed by atoms with E-state index in [1.165, 1.54) is 0 Å². The van der Waals surface area contributed by atoms with Crippen LogP contribution in [0, 0.1) is 6.92 Å². The number of nitrogens with one attached hydrogen (secondary N) is 1. The standard InChI is InChI=1S/C19H18BrClN2O3/c1-10-13(21)5-4-6-15(10)23-18(24)22-14-9-19(23,2)26-17-12(14)7-11(20)8-16(17)25-3/h4-8,14H,9H2,1-3H3,(H,22,24). The third kappa shape index (κ3) is 2.55. The van der Waals surface area contributed by atoms with Crippen LogP contribution in [0.3, 0.4) is 0 Å². The monoisotopic (exact) mass is 436 g/mol. The summed E-state index contributed by atoms with van der Waals surface area (Å²) in [5, 5.41) is 3.70. The lowest BCUT2D eigenvalue weighted by atomic mass is 9.89. The number of anilines is 1. The summed E-state index contributed by atoms with van der Waals surface area (Å²) < 4.78 is 12.8. The van der Waals surface area contributed by atoms with E-state index >= 15 is 0 Å². The summed E-state index contributed by atoms with van der Waals surface area (Å²) in [5.74, 6) is 1.28. The normalized spacial score (nSPS) is 23.8. The average molecular weight is 438 g/mol. The number of halogens is 2. The zero-order chi connectivity index (χ0) is 18.6. The molecule has 5 nitrogen and oxygen atoms in total. The zero-order valence-corrected chi connectivity index (χ0v) is 16.9. The van der Waals surface area contributed by atoms with Crippen molar-refractivity contribution in [3.05, 3.63) is 51.0 Å². The Labute approximate surface area is 165 Å². The van der Waals surface area contributed by atoms with E-state index in [0.29, 0.717) is 22.9 Å². The molecule has 1 N–H and O–H groups in total. The highest BCUT2D eigenvalue weighted by molar-refractivity contribution is 9.10. The SMILES string of the molecule is COc1cc(Br)cc2c1OC1(C)CC2NC(=O)N1c1cccc(Cl)c1C. The Bertz CT molecular complexity index is 920. The summed E-state index contributed by atoms with van der Waals surface area (Å²) in [7, 11) is 1.61. The van der Waals surface area contributed by atoms with Gasteiger partial charge in [-0.15, -0.1) is 0 Å². The predicted molar refractivity (Wildman–Crippen MR) is 104 cm³/mol. The molecule has 2 unspecified atom stereocenters. The van der Waals surface area contributed by atoms with E-state index in [0.717, 1.165) is 21.3 Å². The molecular weight excluding hydrogens is 420 g/mol. The Balaban J connectivity index is 1.86. The second-order valence-corrected chi connectivity index (χ2v) is 8.05. The minimum atomic E-state index is -0.851. The lowest BCUT2D eigenvalue weighted by molar-refractivity contribution is 0.0348. The van der Waals surface area contributed by atoms with Crippen LogP contribution in [0.25, 0.3) is 0 Å². The largest absolute Gasteiger partial charge is 0.493 e. The highest BCUT2D eigenvalue weighted by atomic mass is 79.9. The van der Waals surface area contributed by atoms with Gasteiger partial charge >= 0.3 is 6.03 Å². The van der Waals surface area contributed by atoms with Crippen LogP contribution in [0.1, 0.15) is 30.5 Å². The molecule has 7 heteroatoms. The summed E-state index contributed by atoms with van der Waals surface area (Å²) in [5.41, 5.74) is 1.62. The average Bonchev–Trinajstić information content (AvgIpc) is 2.58. The van der Waals surface area contributed by atoms with E-state index in [9.17, 15) is 4.79 Å². The van der Waals surface area contributed by atoms with Gasteiger partial charge in [0.15, 0.2) is 17.2 Å². The number of nitrogens with zero attached hydrogens (tertiary/aromatic N) is 1. The number of carbonyl (C=O) groups excluding carboxylic acids is 1. The van der Waals surface area contributed by atoms with Crippen molar-refractivity contribution in [3.63, 3.8) is 0 Å². The molecule has 0 spiro atoms. The number of urea groups is 1. The van der Waals surface area contributed by atoms with Crippen LogP contribution in [0.4, 0.5) is 10.5 Å². The Kier molecular flexibility index (Phi) is 4.08. The van der Waals surface area contributed by atoms with E-state index in [1.807, 2.05) is 44.2 Å². The number of carbonyl (C=O) groups is 1. The fraction of sp³-hybridized carbons (Fsp3) is 0.316. The van der Waals surface area contributed by atoms with Crippen molar-refractivity contribution in [2.45, 2.75) is 32.0 Å². The van der Waals surface area contributed by atoms with Crippen LogP contribution < -0.4 is 19.7 Å². The molecule has 0 aromatic heterocycles. The van der Waals surface area contributed by atoms with Crippen molar-refractivity contribution in [3.8, 4) is 11.5 Å². The molecule has 26 heavy (non-hydrogen) atoms. The molecular formula is C19H18BrClN2O3. The maximum atomic E-state index is 13.0. The molecule has 0 aliphatic carbocycles. The number of rotatable bonds is 2. The topological polar surface area (TPSA) is 50.8 Å². The van der Waals surface area contributed by atoms with Gasteiger partial charge in [-0.05, 0) is 43.7 Å². The van der Waals surface area contributed by atoms with Gasteiger partial charge in [0.2, 0.25) is 0 Å². The highest BCUT2D eigenvalue weighted by Crippen LogP contribution is 2.50. The maximum absolute atomic E-state index is 13.0. The van der Waals surface area contributed by atoms with Crippen molar-refractivity contribution in [1.82, 2.24) is 5.32 Å². The molecule has 1 saturated heterocycles. The number of hydrogen-bond donors (Lipinski definition) is 1. The molecule has 2 aliphatic heterocycles.